The van der Waals surface area contributed by atoms with E-state index in [-0.39, 0.29) is 26.1 Å². The highest BCUT2D eigenvalue weighted by atomic mass is 35.5. The van der Waals surface area contributed by atoms with Gasteiger partial charge >= 0.3 is 0 Å². The van der Waals surface area contributed by atoms with E-state index in [0.29, 0.717) is 0 Å². The Balaban J connectivity index is 0.000000377. The molecule has 2 aliphatic heterocycles. The first-order valence-corrected chi connectivity index (χ1v) is 17.7. The molecular formula is C37H37ClN4O7S. The summed E-state index contributed by atoms with van der Waals surface area (Å²) in [4.78, 5) is 25.0. The molecule has 11 nitrogen and oxygen atoms in total. The van der Waals surface area contributed by atoms with Crippen molar-refractivity contribution in [3.05, 3.63) is 144 Å². The molecule has 0 amide bonds. The summed E-state index contributed by atoms with van der Waals surface area (Å²) in [5.41, 5.74) is 7.79. The fraction of sp³-hybridized carbons (Fsp3) is 0.270. The van der Waals surface area contributed by atoms with Crippen LogP contribution < -0.4 is 10.3 Å². The average molecular weight is 717 g/mol. The zero-order valence-corrected chi connectivity index (χ0v) is 29.8. The first kappa shape index (κ1) is 36.4. The number of non-ortho nitro benzene ring substituents is 2. The average Bonchev–Trinajstić information content (AvgIpc) is 3.46. The molecule has 0 unspecified atom stereocenters. The van der Waals surface area contributed by atoms with Crippen LogP contribution in [-0.2, 0) is 20.9 Å². The smallest absolute Gasteiger partial charge is 0.270 e. The number of anilines is 1. The van der Waals surface area contributed by atoms with Crippen molar-refractivity contribution in [1.29, 1.82) is 0 Å². The molecule has 3 aliphatic rings. The van der Waals surface area contributed by atoms with Crippen molar-refractivity contribution in [2.45, 2.75) is 69.6 Å². The maximum absolute atomic E-state index is 11.3. The summed E-state index contributed by atoms with van der Waals surface area (Å²) in [5.74, 6) is 0. The second kappa shape index (κ2) is 13.8. The molecular weight excluding hydrogens is 680 g/mol. The van der Waals surface area contributed by atoms with Crippen LogP contribution in [0.1, 0.15) is 63.6 Å². The molecule has 3 aromatic carbocycles. The summed E-state index contributed by atoms with van der Waals surface area (Å²) < 4.78 is 31.2. The number of allylic oxidation sites excluding steroid dienone is 8. The molecule has 50 heavy (non-hydrogen) atoms. The molecule has 0 atom stereocenters. The summed E-state index contributed by atoms with van der Waals surface area (Å²) in [7, 11) is -4.27. The minimum absolute atomic E-state index is 0.0806. The molecule has 0 saturated carbocycles. The van der Waals surface area contributed by atoms with Crippen LogP contribution in [0.2, 0.25) is 0 Å². The van der Waals surface area contributed by atoms with Crippen molar-refractivity contribution in [2.24, 2.45) is 0 Å². The fourth-order valence-corrected chi connectivity index (χ4v) is 7.00. The first-order chi connectivity index (χ1) is 23.4. The molecule has 0 aromatic heterocycles. The van der Waals surface area contributed by atoms with Crippen LogP contribution in [0.25, 0.3) is 0 Å². The Morgan fingerprint density at radius 3 is 2.08 bits per heavy atom. The van der Waals surface area contributed by atoms with E-state index in [9.17, 15) is 33.2 Å². The largest absolute Gasteiger partial charge is 0.744 e. The van der Waals surface area contributed by atoms with Gasteiger partial charge in [-0.2, -0.15) is 0 Å². The molecule has 13 heteroatoms. The van der Waals surface area contributed by atoms with Crippen molar-refractivity contribution in [1.82, 2.24) is 0 Å². The van der Waals surface area contributed by atoms with Crippen molar-refractivity contribution in [3.63, 3.8) is 0 Å². The Morgan fingerprint density at radius 2 is 1.46 bits per heavy atom. The first-order valence-electron chi connectivity index (χ1n) is 15.9. The number of halogens is 1. The number of fused-ring (bicyclic) bond motifs is 2. The summed E-state index contributed by atoms with van der Waals surface area (Å²) in [6.45, 7) is 10.0. The second-order valence-corrected chi connectivity index (χ2v) is 15.2. The predicted molar refractivity (Wildman–Crippen MR) is 193 cm³/mol. The van der Waals surface area contributed by atoms with Crippen LogP contribution in [0.4, 0.5) is 22.7 Å². The lowest BCUT2D eigenvalue weighted by molar-refractivity contribution is -0.385. The lowest BCUT2D eigenvalue weighted by atomic mass is 9.81. The lowest BCUT2D eigenvalue weighted by Crippen LogP contribution is -2.65. The maximum Gasteiger partial charge on any atom is 0.270 e. The number of nitrogens with zero attached hydrogens (tertiary/aromatic N) is 2. The number of aryl methyl sites for hydroxylation is 1. The minimum Gasteiger partial charge on any atom is -0.744 e. The molecule has 260 valence electrons. The Kier molecular flexibility index (Phi) is 10.0. The van der Waals surface area contributed by atoms with Gasteiger partial charge in [-0.15, -0.1) is 0 Å². The van der Waals surface area contributed by atoms with Gasteiger partial charge in [0.05, 0.1) is 20.2 Å². The SMILES string of the molecule is CC1(C)C(/C=C/C2=C(Cl)C(=C/C=C3/Nc4ccc([N+](=O)[O-])cc4C3(C)C)/CCC2)=[NH+]c2ccc([N+](=O)[O-])cc21.Cc1ccc(S(=O)(=O)[O-])cc1. The maximum atomic E-state index is 11.3. The van der Waals surface area contributed by atoms with Crippen LogP contribution >= 0.6 is 11.6 Å². The van der Waals surface area contributed by atoms with E-state index in [1.165, 1.54) is 24.3 Å². The number of hydrogen-bond acceptors (Lipinski definition) is 8. The van der Waals surface area contributed by atoms with Gasteiger partial charge < -0.3 is 9.87 Å². The van der Waals surface area contributed by atoms with Crippen LogP contribution in [-0.4, -0.2) is 28.5 Å². The van der Waals surface area contributed by atoms with Gasteiger partial charge in [-0.25, -0.2) is 13.4 Å². The van der Waals surface area contributed by atoms with Crippen molar-refractivity contribution in [2.75, 3.05) is 5.32 Å². The van der Waals surface area contributed by atoms with E-state index < -0.39 is 20.9 Å². The molecule has 3 aromatic rings. The zero-order valence-electron chi connectivity index (χ0n) is 28.2. The predicted octanol–water partition coefficient (Wildman–Crippen LogP) is 7.29. The normalized spacial score (nSPS) is 19.1. The zero-order chi connectivity index (χ0) is 36.6. The highest BCUT2D eigenvalue weighted by Crippen LogP contribution is 2.45. The van der Waals surface area contributed by atoms with E-state index in [0.717, 1.165) is 74.9 Å². The molecule has 2 N–H and O–H groups in total. The van der Waals surface area contributed by atoms with E-state index >= 15 is 0 Å². The fourth-order valence-electron chi connectivity index (χ4n) is 6.22. The van der Waals surface area contributed by atoms with Crippen LogP contribution in [0.15, 0.2) is 112 Å². The van der Waals surface area contributed by atoms with Gasteiger partial charge in [0.15, 0.2) is 5.71 Å². The van der Waals surface area contributed by atoms with Crippen LogP contribution in [0.5, 0.6) is 0 Å². The van der Waals surface area contributed by atoms with Crippen molar-refractivity contribution in [3.8, 4) is 0 Å². The molecule has 0 saturated heterocycles. The third-order valence-electron chi connectivity index (χ3n) is 9.33. The Hall–Kier alpha value is -4.91. The molecule has 0 spiro atoms. The highest BCUT2D eigenvalue weighted by Gasteiger charge is 2.41. The van der Waals surface area contributed by atoms with Gasteiger partial charge in [0.1, 0.15) is 10.1 Å². The van der Waals surface area contributed by atoms with E-state index in [2.05, 4.69) is 10.3 Å². The van der Waals surface area contributed by atoms with E-state index in [1.807, 2.05) is 58.9 Å². The van der Waals surface area contributed by atoms with Crippen molar-refractivity contribution >= 4 is 50.2 Å². The van der Waals surface area contributed by atoms with Gasteiger partial charge in [-0.1, -0.05) is 55.3 Å². The van der Waals surface area contributed by atoms with E-state index in [1.54, 1.807) is 36.4 Å². The Bertz CT molecular complexity index is 2160. The summed E-state index contributed by atoms with van der Waals surface area (Å²) >= 11 is 6.88. The molecule has 2 heterocycles. The van der Waals surface area contributed by atoms with Gasteiger partial charge in [0, 0.05) is 63.8 Å². The minimum atomic E-state index is -4.27. The van der Waals surface area contributed by atoms with Crippen molar-refractivity contribution < 1.29 is 27.8 Å². The Morgan fingerprint density at radius 1 is 0.840 bits per heavy atom. The van der Waals surface area contributed by atoms with Gasteiger partial charge in [0.25, 0.3) is 11.4 Å². The monoisotopic (exact) mass is 716 g/mol. The molecule has 1 aliphatic carbocycles. The molecule has 0 radical (unpaired) electrons. The molecule has 0 fully saturated rings. The number of rotatable bonds is 6. The summed E-state index contributed by atoms with van der Waals surface area (Å²) in [6.07, 6.45) is 10.8. The number of benzene rings is 3. The van der Waals surface area contributed by atoms with Gasteiger partial charge in [-0.3, -0.25) is 20.2 Å². The van der Waals surface area contributed by atoms with Crippen LogP contribution in [0, 0.1) is 27.2 Å². The third-order valence-corrected chi connectivity index (χ3v) is 10.7. The highest BCUT2D eigenvalue weighted by molar-refractivity contribution is 7.85. The van der Waals surface area contributed by atoms with Crippen LogP contribution in [0.3, 0.4) is 0 Å². The second-order valence-electron chi connectivity index (χ2n) is 13.5. The van der Waals surface area contributed by atoms with Gasteiger partial charge in [0.2, 0.25) is 5.69 Å². The lowest BCUT2D eigenvalue weighted by Gasteiger charge is -2.21. The summed E-state index contributed by atoms with van der Waals surface area (Å²) in [6, 6.07) is 15.6. The number of nitro groups is 2. The molecule has 0 bridgehead atoms. The van der Waals surface area contributed by atoms with Gasteiger partial charge in [-0.05, 0) is 81.0 Å². The summed E-state index contributed by atoms with van der Waals surface area (Å²) in [5, 5.41) is 26.7. The standard InChI is InChI=1S/C30H29ClN4O4.C7H8O3S/c1-29(2)22-16-20(34(36)37)10-12-24(22)32-26(29)14-8-18-6-5-7-19(28(18)31)9-15-27-30(3,4)23-17-21(35(38)39)11-13-25(23)33-27;1-6-2-4-7(5-3-6)11(8,9)10/h8-17,32H,5-7H2,1-4H3;2-5H,1H3,(H,8,9,10)/b15-9+,18-8+,26-14+;. The molecule has 6 rings (SSSR count). The number of nitro benzene ring substituents is 2. The third kappa shape index (κ3) is 7.47. The number of hydrogen-bond donors (Lipinski definition) is 2. The quantitative estimate of drug-likeness (QED) is 0.152. The van der Waals surface area contributed by atoms with E-state index in [4.69, 9.17) is 11.6 Å². The number of nitrogens with one attached hydrogen (secondary N) is 2. The topological polar surface area (TPSA) is 169 Å². The Labute approximate surface area is 295 Å².